The number of likely N-dealkylation sites (N-methyl/N-ethyl adjacent to an activating group) is 1. The number of nitrogen functional groups attached to an aromatic ring is 1. The van der Waals surface area contributed by atoms with Crippen LogP contribution in [0.3, 0.4) is 0 Å². The fourth-order valence-corrected chi connectivity index (χ4v) is 4.77. The molecule has 0 saturated carbocycles. The van der Waals surface area contributed by atoms with Gasteiger partial charge in [0.2, 0.25) is 0 Å². The fourth-order valence-electron chi connectivity index (χ4n) is 4.77. The van der Waals surface area contributed by atoms with Crippen molar-refractivity contribution in [3.05, 3.63) is 82.4 Å². The molecule has 8 nitrogen and oxygen atoms in total. The lowest BCUT2D eigenvalue weighted by Crippen LogP contribution is -2.44. The maximum Gasteiger partial charge on any atom is 0.416 e. The number of urea groups is 1. The highest BCUT2D eigenvalue weighted by molar-refractivity contribution is 6.00. The molecule has 0 atom stereocenters. The number of hydrogen-bond acceptors (Lipinski definition) is 5. The first-order valence-corrected chi connectivity index (χ1v) is 13.1. The number of H-pyrrole nitrogens is 1. The minimum absolute atomic E-state index is 0.0508. The Morgan fingerprint density at radius 1 is 1.00 bits per heavy atom. The zero-order chi connectivity index (χ0) is 29.1. The van der Waals surface area contributed by atoms with Crippen molar-refractivity contribution < 1.29 is 18.0 Å². The van der Waals surface area contributed by atoms with E-state index in [0.717, 1.165) is 35.6 Å². The monoisotopic (exact) mass is 561 g/mol. The Morgan fingerprint density at radius 3 is 2.41 bits per heavy atom. The molecule has 1 aliphatic heterocycles. The number of nitrogens with two attached hydrogens (primary N) is 1. The normalized spacial score (nSPS) is 14.5. The summed E-state index contributed by atoms with van der Waals surface area (Å²) >= 11 is 0. The fraction of sp³-hybridized carbons (Fsp3) is 0.267. The first-order chi connectivity index (χ1) is 19.6. The molecule has 41 heavy (non-hydrogen) atoms. The second-order valence-electron chi connectivity index (χ2n) is 10.1. The van der Waals surface area contributed by atoms with Crippen molar-refractivity contribution in [2.75, 3.05) is 49.6 Å². The lowest BCUT2D eigenvalue weighted by Gasteiger charge is -2.33. The standard InChI is InChI=1S/C30H30F3N7O/c1-19-6-10-23(16-21(19)8-7-20-4-3-5-26-27(20)28(34)38-37-26)35-29(41)36-24-11-9-22(25(17-24)30(31,32)33)18-40-14-12-39(2)13-15-40/h3-6,9-11,16-17H,12-15,18H2,1-2H3,(H3,34,37,38)(H2,35,36,41). The summed E-state index contributed by atoms with van der Waals surface area (Å²) in [5.41, 5.74) is 8.95. The smallest absolute Gasteiger partial charge is 0.382 e. The molecule has 11 heteroatoms. The van der Waals surface area contributed by atoms with Gasteiger partial charge < -0.3 is 21.3 Å². The molecule has 212 valence electrons. The van der Waals surface area contributed by atoms with E-state index in [2.05, 4.69) is 37.6 Å². The summed E-state index contributed by atoms with van der Waals surface area (Å²) in [6.45, 7) is 5.11. The minimum Gasteiger partial charge on any atom is -0.382 e. The Balaban J connectivity index is 1.30. The predicted molar refractivity (Wildman–Crippen MR) is 155 cm³/mol. The van der Waals surface area contributed by atoms with Gasteiger partial charge in [0.15, 0.2) is 5.82 Å². The van der Waals surface area contributed by atoms with Gasteiger partial charge >= 0.3 is 12.2 Å². The number of carbonyl (C=O) groups is 1. The number of aromatic nitrogens is 2. The number of aromatic amines is 1. The van der Waals surface area contributed by atoms with Crippen LogP contribution in [0.25, 0.3) is 10.9 Å². The Bertz CT molecular complexity index is 1640. The number of nitrogens with one attached hydrogen (secondary N) is 3. The van der Waals surface area contributed by atoms with Gasteiger partial charge in [-0.25, -0.2) is 4.79 Å². The molecule has 5 rings (SSSR count). The molecule has 0 radical (unpaired) electrons. The van der Waals surface area contributed by atoms with Gasteiger partial charge in [-0.3, -0.25) is 10.00 Å². The lowest BCUT2D eigenvalue weighted by atomic mass is 10.0. The van der Waals surface area contributed by atoms with E-state index in [1.807, 2.05) is 37.1 Å². The molecule has 0 bridgehead atoms. The van der Waals surface area contributed by atoms with Crippen molar-refractivity contribution in [1.82, 2.24) is 20.0 Å². The number of hydrogen-bond donors (Lipinski definition) is 4. The zero-order valence-electron chi connectivity index (χ0n) is 22.7. The zero-order valence-corrected chi connectivity index (χ0v) is 22.7. The predicted octanol–water partition coefficient (Wildman–Crippen LogP) is 5.26. The van der Waals surface area contributed by atoms with Gasteiger partial charge in [-0.1, -0.05) is 30.0 Å². The van der Waals surface area contributed by atoms with E-state index < -0.39 is 17.8 Å². The van der Waals surface area contributed by atoms with Crippen molar-refractivity contribution >= 4 is 34.1 Å². The molecular weight excluding hydrogens is 531 g/mol. The Hall–Kier alpha value is -4.53. The number of amides is 2. The Morgan fingerprint density at radius 2 is 1.68 bits per heavy atom. The van der Waals surface area contributed by atoms with Gasteiger partial charge in [-0.2, -0.15) is 18.3 Å². The summed E-state index contributed by atoms with van der Waals surface area (Å²) in [7, 11) is 1.99. The maximum atomic E-state index is 13.9. The molecule has 2 heterocycles. The second-order valence-corrected chi connectivity index (χ2v) is 10.1. The Kier molecular flexibility index (Phi) is 7.88. The molecular formula is C30H30F3N7O. The average Bonchev–Trinajstić information content (AvgIpc) is 3.31. The molecule has 2 amide bonds. The molecule has 0 unspecified atom stereocenters. The van der Waals surface area contributed by atoms with Crippen LogP contribution in [0, 0.1) is 18.8 Å². The lowest BCUT2D eigenvalue weighted by molar-refractivity contribution is -0.138. The number of anilines is 3. The first-order valence-electron chi connectivity index (χ1n) is 13.1. The van der Waals surface area contributed by atoms with Crippen molar-refractivity contribution in [3.8, 4) is 11.8 Å². The van der Waals surface area contributed by atoms with Crippen molar-refractivity contribution in [2.45, 2.75) is 19.6 Å². The third-order valence-corrected chi connectivity index (χ3v) is 7.11. The average molecular weight is 562 g/mol. The molecule has 3 aromatic carbocycles. The summed E-state index contributed by atoms with van der Waals surface area (Å²) < 4.78 is 41.7. The second kappa shape index (κ2) is 11.5. The Labute approximate surface area is 235 Å². The van der Waals surface area contributed by atoms with Crippen LogP contribution in [0.2, 0.25) is 0 Å². The summed E-state index contributed by atoms with van der Waals surface area (Å²) in [5, 5.41) is 12.8. The number of nitrogens with zero attached hydrogens (tertiary/aromatic N) is 3. The molecule has 1 saturated heterocycles. The van der Waals surface area contributed by atoms with E-state index in [1.54, 1.807) is 18.2 Å². The highest BCUT2D eigenvalue weighted by atomic mass is 19.4. The molecule has 1 aromatic heterocycles. The topological polar surface area (TPSA) is 102 Å². The van der Waals surface area contributed by atoms with Gasteiger partial charge in [0.05, 0.1) is 16.5 Å². The van der Waals surface area contributed by atoms with Crippen LogP contribution in [0.5, 0.6) is 0 Å². The summed E-state index contributed by atoms with van der Waals surface area (Å²) in [4.78, 5) is 16.9. The van der Waals surface area contributed by atoms with E-state index in [-0.39, 0.29) is 17.8 Å². The molecule has 5 N–H and O–H groups in total. The number of rotatable bonds is 4. The van der Waals surface area contributed by atoms with Crippen LogP contribution in [0.4, 0.5) is 35.2 Å². The van der Waals surface area contributed by atoms with Gasteiger partial charge in [-0.05, 0) is 61.5 Å². The van der Waals surface area contributed by atoms with E-state index >= 15 is 0 Å². The SMILES string of the molecule is Cc1ccc(NC(=O)Nc2ccc(CN3CCN(C)CC3)c(C(F)(F)F)c2)cc1C#Cc1cccc2[nH]nc(N)c12. The number of halogens is 3. The third kappa shape index (κ3) is 6.62. The summed E-state index contributed by atoms with van der Waals surface area (Å²) in [5.74, 6) is 6.59. The van der Waals surface area contributed by atoms with Gasteiger partial charge in [0.25, 0.3) is 0 Å². The minimum atomic E-state index is -4.55. The molecule has 1 aliphatic rings. The van der Waals surface area contributed by atoms with Crippen molar-refractivity contribution in [2.24, 2.45) is 0 Å². The summed E-state index contributed by atoms with van der Waals surface area (Å²) in [6, 6.07) is 14.0. The van der Waals surface area contributed by atoms with Gasteiger partial charge in [-0.15, -0.1) is 0 Å². The molecule has 1 fully saturated rings. The number of fused-ring (bicyclic) bond motifs is 1. The third-order valence-electron chi connectivity index (χ3n) is 7.11. The highest BCUT2D eigenvalue weighted by Crippen LogP contribution is 2.34. The van der Waals surface area contributed by atoms with Crippen LogP contribution in [0.15, 0.2) is 54.6 Å². The number of benzene rings is 3. The van der Waals surface area contributed by atoms with Crippen LogP contribution in [-0.4, -0.2) is 59.3 Å². The quantitative estimate of drug-likeness (QED) is 0.255. The van der Waals surface area contributed by atoms with E-state index in [0.29, 0.717) is 35.7 Å². The summed E-state index contributed by atoms with van der Waals surface area (Å²) in [6.07, 6.45) is -4.55. The van der Waals surface area contributed by atoms with Crippen LogP contribution in [0.1, 0.15) is 27.8 Å². The van der Waals surface area contributed by atoms with E-state index in [4.69, 9.17) is 5.73 Å². The molecule has 0 spiro atoms. The van der Waals surface area contributed by atoms with E-state index in [1.165, 1.54) is 12.1 Å². The van der Waals surface area contributed by atoms with Crippen LogP contribution >= 0.6 is 0 Å². The molecule has 0 aliphatic carbocycles. The largest absolute Gasteiger partial charge is 0.416 e. The number of aryl methyl sites for hydroxylation is 1. The first kappa shape index (κ1) is 28.0. The van der Waals surface area contributed by atoms with Gasteiger partial charge in [0, 0.05) is 55.2 Å². The van der Waals surface area contributed by atoms with E-state index in [9.17, 15) is 18.0 Å². The number of carbonyl (C=O) groups excluding carboxylic acids is 1. The van der Waals surface area contributed by atoms with Crippen LogP contribution in [-0.2, 0) is 12.7 Å². The van der Waals surface area contributed by atoms with Crippen molar-refractivity contribution in [3.63, 3.8) is 0 Å². The maximum absolute atomic E-state index is 13.9. The van der Waals surface area contributed by atoms with Crippen molar-refractivity contribution in [1.29, 1.82) is 0 Å². The number of alkyl halides is 3. The highest BCUT2D eigenvalue weighted by Gasteiger charge is 2.34. The number of piperazine rings is 1. The molecule has 4 aromatic rings. The van der Waals surface area contributed by atoms with Gasteiger partial charge in [0.1, 0.15) is 0 Å². The van der Waals surface area contributed by atoms with Crippen LogP contribution < -0.4 is 16.4 Å².